The number of nitrogens with zero attached hydrogens (tertiary/aromatic N) is 3. The normalized spacial score (nSPS) is 11.2. The first kappa shape index (κ1) is 23.2. The number of halogens is 3. The van der Waals surface area contributed by atoms with Crippen molar-refractivity contribution in [2.45, 2.75) is 19.6 Å². The Bertz CT molecular complexity index is 1100. The molecule has 3 rings (SSSR count). The molecule has 0 N–H and O–H groups in total. The van der Waals surface area contributed by atoms with Gasteiger partial charge < -0.3 is 9.64 Å². The molecule has 11 heteroatoms. The first-order chi connectivity index (χ1) is 15.2. The summed E-state index contributed by atoms with van der Waals surface area (Å²) in [6.45, 7) is 0.215. The summed E-state index contributed by atoms with van der Waals surface area (Å²) in [5, 5.41) is 13.0. The summed E-state index contributed by atoms with van der Waals surface area (Å²) in [4.78, 5) is 28.1. The van der Waals surface area contributed by atoms with Crippen LogP contribution in [0.2, 0.25) is 0 Å². The van der Waals surface area contributed by atoms with Crippen LogP contribution in [0.3, 0.4) is 0 Å². The highest BCUT2D eigenvalue weighted by Crippen LogP contribution is 2.28. The summed E-state index contributed by atoms with van der Waals surface area (Å²) in [7, 11) is 0. The van der Waals surface area contributed by atoms with Gasteiger partial charge in [-0.05, 0) is 31.2 Å². The Balaban J connectivity index is 1.86. The quantitative estimate of drug-likeness (QED) is 0.332. The van der Waals surface area contributed by atoms with Crippen molar-refractivity contribution in [1.82, 2.24) is 9.88 Å². The molecule has 0 aliphatic rings. The van der Waals surface area contributed by atoms with E-state index in [-0.39, 0.29) is 16.9 Å². The summed E-state index contributed by atoms with van der Waals surface area (Å²) >= 11 is 1.11. The van der Waals surface area contributed by atoms with Gasteiger partial charge in [0.25, 0.3) is 11.6 Å². The number of nitro benzene ring substituents is 1. The molecule has 1 amide bonds. The Labute approximate surface area is 185 Å². The number of hydrogen-bond donors (Lipinski definition) is 0. The molecule has 0 saturated carbocycles. The molecule has 0 fully saturated rings. The number of rotatable bonds is 8. The minimum atomic E-state index is -4.69. The van der Waals surface area contributed by atoms with Crippen molar-refractivity contribution in [3.05, 3.63) is 75.3 Å². The fraction of sp³-hybridized carbons (Fsp3) is 0.238. The molecular formula is C21H18F3N3O4S. The van der Waals surface area contributed by atoms with Gasteiger partial charge in [0.2, 0.25) is 0 Å². The predicted molar refractivity (Wildman–Crippen MR) is 113 cm³/mol. The van der Waals surface area contributed by atoms with Gasteiger partial charge in [0.15, 0.2) is 0 Å². The number of thiazole rings is 1. The maximum atomic E-state index is 13.2. The molecule has 1 aromatic heterocycles. The molecule has 2 aromatic carbocycles. The number of para-hydroxylation sites is 1. The van der Waals surface area contributed by atoms with Gasteiger partial charge in [0.1, 0.15) is 23.0 Å². The number of carbonyl (C=O) groups excluding carboxylic acids is 1. The number of hydrogen-bond acceptors (Lipinski definition) is 6. The standard InChI is InChI=1S/C21H18F3N3O4S/c1-2-31-16-9-7-14(8-10-16)19-25-17(12-32-19)20(28)26(13-21(22,23)24)11-15-5-3-4-6-18(15)27(29)30/h3-10,12H,2,11,13H2,1H3. The molecule has 168 valence electrons. The molecule has 0 radical (unpaired) electrons. The van der Waals surface area contributed by atoms with Crippen molar-refractivity contribution in [3.63, 3.8) is 0 Å². The average molecular weight is 465 g/mol. The molecular weight excluding hydrogens is 447 g/mol. The highest BCUT2D eigenvalue weighted by molar-refractivity contribution is 7.13. The second-order valence-electron chi connectivity index (χ2n) is 6.66. The molecule has 7 nitrogen and oxygen atoms in total. The zero-order chi connectivity index (χ0) is 23.3. The molecule has 0 atom stereocenters. The van der Waals surface area contributed by atoms with Crippen LogP contribution >= 0.6 is 11.3 Å². The SMILES string of the molecule is CCOc1ccc(-c2nc(C(=O)N(Cc3ccccc3[N+](=O)[O-])CC(F)(F)F)cs2)cc1. The fourth-order valence-electron chi connectivity index (χ4n) is 2.97. The lowest BCUT2D eigenvalue weighted by atomic mass is 10.1. The summed E-state index contributed by atoms with van der Waals surface area (Å²) in [6, 6.07) is 12.3. The van der Waals surface area contributed by atoms with Crippen molar-refractivity contribution in [3.8, 4) is 16.3 Å². The van der Waals surface area contributed by atoms with E-state index in [0.717, 1.165) is 11.3 Å². The van der Waals surface area contributed by atoms with E-state index in [0.29, 0.717) is 27.8 Å². The van der Waals surface area contributed by atoms with Crippen molar-refractivity contribution in [1.29, 1.82) is 0 Å². The monoisotopic (exact) mass is 465 g/mol. The number of ether oxygens (including phenoxy) is 1. The number of alkyl halides is 3. The van der Waals surface area contributed by atoms with Crippen molar-refractivity contribution in [2.24, 2.45) is 0 Å². The average Bonchev–Trinajstić information content (AvgIpc) is 3.23. The Hall–Kier alpha value is -3.47. The molecule has 0 spiro atoms. The maximum absolute atomic E-state index is 13.2. The van der Waals surface area contributed by atoms with E-state index in [9.17, 15) is 28.1 Å². The second kappa shape index (κ2) is 9.77. The van der Waals surface area contributed by atoms with Crippen LogP contribution in [0, 0.1) is 10.1 Å². The zero-order valence-corrected chi connectivity index (χ0v) is 17.7. The maximum Gasteiger partial charge on any atom is 0.406 e. The van der Waals surface area contributed by atoms with Crippen LogP contribution in [0.1, 0.15) is 23.0 Å². The minimum absolute atomic E-state index is 0.00272. The molecule has 1 heterocycles. The van der Waals surface area contributed by atoms with E-state index in [1.807, 2.05) is 6.92 Å². The number of nitro groups is 1. The lowest BCUT2D eigenvalue weighted by molar-refractivity contribution is -0.385. The molecule has 0 aliphatic carbocycles. The van der Waals surface area contributed by atoms with Crippen LogP contribution in [0.4, 0.5) is 18.9 Å². The minimum Gasteiger partial charge on any atom is -0.494 e. The predicted octanol–water partition coefficient (Wildman–Crippen LogP) is 5.32. The number of carbonyl (C=O) groups is 1. The summed E-state index contributed by atoms with van der Waals surface area (Å²) in [5.41, 5.74) is 0.151. The van der Waals surface area contributed by atoms with E-state index in [1.54, 1.807) is 24.3 Å². The van der Waals surface area contributed by atoms with Crippen LogP contribution in [0.25, 0.3) is 10.6 Å². The summed E-state index contributed by atoms with van der Waals surface area (Å²) in [5.74, 6) is -0.307. The second-order valence-corrected chi connectivity index (χ2v) is 7.52. The van der Waals surface area contributed by atoms with Crippen molar-refractivity contribution in [2.75, 3.05) is 13.2 Å². The smallest absolute Gasteiger partial charge is 0.406 e. The van der Waals surface area contributed by atoms with E-state index in [2.05, 4.69) is 4.98 Å². The molecule has 0 saturated heterocycles. The third kappa shape index (κ3) is 5.82. The lowest BCUT2D eigenvalue weighted by Crippen LogP contribution is -2.38. The first-order valence-electron chi connectivity index (χ1n) is 9.45. The van der Waals surface area contributed by atoms with Crippen LogP contribution in [-0.2, 0) is 6.54 Å². The molecule has 0 unspecified atom stereocenters. The van der Waals surface area contributed by atoms with E-state index in [1.165, 1.54) is 29.6 Å². The first-order valence-corrected chi connectivity index (χ1v) is 10.3. The highest BCUT2D eigenvalue weighted by atomic mass is 32.1. The van der Waals surface area contributed by atoms with Gasteiger partial charge >= 0.3 is 6.18 Å². The number of aromatic nitrogens is 1. The fourth-order valence-corrected chi connectivity index (χ4v) is 3.77. The molecule has 0 bridgehead atoms. The van der Waals surface area contributed by atoms with E-state index >= 15 is 0 Å². The van der Waals surface area contributed by atoms with Gasteiger partial charge in [-0.1, -0.05) is 18.2 Å². The van der Waals surface area contributed by atoms with Gasteiger partial charge in [-0.2, -0.15) is 13.2 Å². The van der Waals surface area contributed by atoms with E-state index < -0.39 is 30.1 Å². The van der Waals surface area contributed by atoms with Crippen LogP contribution in [0.15, 0.2) is 53.9 Å². The molecule has 3 aromatic rings. The highest BCUT2D eigenvalue weighted by Gasteiger charge is 2.35. The summed E-state index contributed by atoms with van der Waals surface area (Å²) < 4.78 is 44.8. The Morgan fingerprint density at radius 3 is 2.50 bits per heavy atom. The van der Waals surface area contributed by atoms with Gasteiger partial charge in [0, 0.05) is 22.6 Å². The van der Waals surface area contributed by atoms with Gasteiger partial charge in [0.05, 0.1) is 18.1 Å². The lowest BCUT2D eigenvalue weighted by Gasteiger charge is -2.23. The van der Waals surface area contributed by atoms with Crippen LogP contribution in [0.5, 0.6) is 5.75 Å². The third-order valence-electron chi connectivity index (χ3n) is 4.34. The van der Waals surface area contributed by atoms with Crippen molar-refractivity contribution >= 4 is 22.9 Å². The molecule has 32 heavy (non-hydrogen) atoms. The van der Waals surface area contributed by atoms with Gasteiger partial charge in [-0.15, -0.1) is 11.3 Å². The zero-order valence-electron chi connectivity index (χ0n) is 16.8. The van der Waals surface area contributed by atoms with Gasteiger partial charge in [-0.3, -0.25) is 14.9 Å². The number of amides is 1. The Morgan fingerprint density at radius 2 is 1.88 bits per heavy atom. The van der Waals surface area contributed by atoms with E-state index in [4.69, 9.17) is 4.74 Å². The third-order valence-corrected chi connectivity index (χ3v) is 5.23. The Morgan fingerprint density at radius 1 is 1.19 bits per heavy atom. The summed E-state index contributed by atoms with van der Waals surface area (Å²) in [6.07, 6.45) is -4.69. The van der Waals surface area contributed by atoms with Crippen LogP contribution in [-0.4, -0.2) is 40.0 Å². The van der Waals surface area contributed by atoms with Gasteiger partial charge in [-0.25, -0.2) is 4.98 Å². The van der Waals surface area contributed by atoms with Crippen LogP contribution < -0.4 is 4.74 Å². The topological polar surface area (TPSA) is 85.6 Å². The van der Waals surface area contributed by atoms with Crippen molar-refractivity contribution < 1.29 is 27.6 Å². The largest absolute Gasteiger partial charge is 0.494 e. The molecule has 0 aliphatic heterocycles. The Kier molecular flexibility index (Phi) is 7.08. The number of benzene rings is 2.